The Balaban J connectivity index is 2.25. The molecular formula is C16H21NO4. The molecule has 5 nitrogen and oxygen atoms in total. The minimum absolute atomic E-state index is 0.193. The normalized spacial score (nSPS) is 24.6. The summed E-state index contributed by atoms with van der Waals surface area (Å²) < 4.78 is 5.49. The van der Waals surface area contributed by atoms with Gasteiger partial charge >= 0.3 is 5.97 Å². The molecule has 0 aromatic heterocycles. The summed E-state index contributed by atoms with van der Waals surface area (Å²) in [6.45, 7) is 4.05. The summed E-state index contributed by atoms with van der Waals surface area (Å²) in [6.07, 6.45) is 0.461. The van der Waals surface area contributed by atoms with Gasteiger partial charge in [0, 0.05) is 20.2 Å². The number of aliphatic carboxylic acids is 1. The number of ether oxygens (including phenoxy) is 1. The van der Waals surface area contributed by atoms with Gasteiger partial charge < -0.3 is 14.7 Å². The van der Waals surface area contributed by atoms with E-state index in [1.807, 2.05) is 30.3 Å². The van der Waals surface area contributed by atoms with Gasteiger partial charge in [-0.25, -0.2) is 0 Å². The predicted molar refractivity (Wildman–Crippen MR) is 77.7 cm³/mol. The minimum atomic E-state index is -1.09. The average Bonchev–Trinajstić information content (AvgIpc) is 2.90. The first kappa shape index (κ1) is 15.5. The maximum Gasteiger partial charge on any atom is 0.311 e. The van der Waals surface area contributed by atoms with Gasteiger partial charge in [-0.1, -0.05) is 30.3 Å². The highest BCUT2D eigenvalue weighted by Gasteiger charge is 2.47. The number of hydrogen-bond acceptors (Lipinski definition) is 3. The summed E-state index contributed by atoms with van der Waals surface area (Å²) in [5.74, 6) is -1.06. The van der Waals surface area contributed by atoms with Crippen LogP contribution in [-0.2, 0) is 19.9 Å². The Hall–Kier alpha value is -1.88. The number of nitrogens with zero attached hydrogens (tertiary/aromatic N) is 1. The van der Waals surface area contributed by atoms with Crippen molar-refractivity contribution in [3.05, 3.63) is 35.9 Å². The standard InChI is InChI=1S/C16H21NO4/c1-15(14(19)20)9-10-17(11-15)13(18)16(2,21-3)12-7-5-4-6-8-12/h4-8H,9-11H2,1-3H3,(H,19,20). The van der Waals surface area contributed by atoms with Crippen molar-refractivity contribution in [3.8, 4) is 0 Å². The van der Waals surface area contributed by atoms with Gasteiger partial charge in [-0.2, -0.15) is 0 Å². The first-order valence-corrected chi connectivity index (χ1v) is 6.97. The molecule has 21 heavy (non-hydrogen) atoms. The highest BCUT2D eigenvalue weighted by molar-refractivity contribution is 5.87. The van der Waals surface area contributed by atoms with Crippen LogP contribution in [0.5, 0.6) is 0 Å². The van der Waals surface area contributed by atoms with Crippen molar-refractivity contribution in [2.24, 2.45) is 5.41 Å². The van der Waals surface area contributed by atoms with E-state index in [0.717, 1.165) is 5.56 Å². The molecule has 1 aliphatic heterocycles. The lowest BCUT2D eigenvalue weighted by atomic mass is 9.90. The van der Waals surface area contributed by atoms with Crippen LogP contribution in [-0.4, -0.2) is 42.1 Å². The number of benzene rings is 1. The van der Waals surface area contributed by atoms with Crippen LogP contribution in [0.1, 0.15) is 25.8 Å². The molecule has 1 aromatic carbocycles. The van der Waals surface area contributed by atoms with E-state index in [0.29, 0.717) is 13.0 Å². The molecule has 0 spiro atoms. The molecule has 1 heterocycles. The Labute approximate surface area is 124 Å². The zero-order chi connectivity index (χ0) is 15.7. The third-order valence-corrected chi connectivity index (χ3v) is 4.42. The fourth-order valence-electron chi connectivity index (χ4n) is 2.70. The Morgan fingerprint density at radius 3 is 2.43 bits per heavy atom. The molecular weight excluding hydrogens is 270 g/mol. The van der Waals surface area contributed by atoms with E-state index in [2.05, 4.69) is 0 Å². The third-order valence-electron chi connectivity index (χ3n) is 4.42. The molecule has 0 aliphatic carbocycles. The summed E-state index contributed by atoms with van der Waals surface area (Å²) in [4.78, 5) is 25.7. The van der Waals surface area contributed by atoms with Crippen molar-refractivity contribution in [1.29, 1.82) is 0 Å². The summed E-state index contributed by atoms with van der Waals surface area (Å²) in [7, 11) is 1.50. The molecule has 1 N–H and O–H groups in total. The zero-order valence-electron chi connectivity index (χ0n) is 12.6. The molecule has 1 fully saturated rings. The number of likely N-dealkylation sites (tertiary alicyclic amines) is 1. The molecule has 114 valence electrons. The smallest absolute Gasteiger partial charge is 0.311 e. The Morgan fingerprint density at radius 1 is 1.33 bits per heavy atom. The Bertz CT molecular complexity index is 544. The van der Waals surface area contributed by atoms with Crippen molar-refractivity contribution in [2.45, 2.75) is 25.9 Å². The second-order valence-electron chi connectivity index (χ2n) is 5.95. The van der Waals surface area contributed by atoms with Crippen LogP contribution in [0.15, 0.2) is 30.3 Å². The van der Waals surface area contributed by atoms with Crippen molar-refractivity contribution >= 4 is 11.9 Å². The van der Waals surface area contributed by atoms with Crippen LogP contribution >= 0.6 is 0 Å². The summed E-state index contributed by atoms with van der Waals surface area (Å²) in [6, 6.07) is 9.26. The number of carboxylic acids is 1. The summed E-state index contributed by atoms with van der Waals surface area (Å²) in [5, 5.41) is 9.28. The molecule has 0 saturated carbocycles. The van der Waals surface area contributed by atoms with E-state index in [4.69, 9.17) is 4.74 Å². The van der Waals surface area contributed by atoms with Crippen LogP contribution < -0.4 is 0 Å². The summed E-state index contributed by atoms with van der Waals surface area (Å²) in [5.41, 5.74) is -1.20. The maximum atomic E-state index is 12.8. The molecule has 1 aliphatic rings. The quantitative estimate of drug-likeness (QED) is 0.919. The third kappa shape index (κ3) is 2.65. The number of hydrogen-bond donors (Lipinski definition) is 1. The van der Waals surface area contributed by atoms with Gasteiger partial charge in [0.15, 0.2) is 5.60 Å². The monoisotopic (exact) mass is 291 g/mol. The molecule has 0 bridgehead atoms. The Kier molecular flexibility index (Phi) is 4.05. The van der Waals surface area contributed by atoms with E-state index in [9.17, 15) is 14.7 Å². The molecule has 2 unspecified atom stereocenters. The van der Waals surface area contributed by atoms with E-state index in [1.54, 1.807) is 18.7 Å². The molecule has 2 rings (SSSR count). The number of rotatable bonds is 4. The highest BCUT2D eigenvalue weighted by Crippen LogP contribution is 2.34. The van der Waals surface area contributed by atoms with E-state index in [-0.39, 0.29) is 12.5 Å². The molecule has 0 radical (unpaired) electrons. The number of amides is 1. The first-order chi connectivity index (χ1) is 9.83. The van der Waals surface area contributed by atoms with Crippen LogP contribution in [0.4, 0.5) is 0 Å². The fraction of sp³-hybridized carbons (Fsp3) is 0.500. The van der Waals surface area contributed by atoms with Crippen molar-refractivity contribution in [3.63, 3.8) is 0 Å². The molecule has 1 aromatic rings. The number of carboxylic acid groups (broad SMARTS) is 1. The lowest BCUT2D eigenvalue weighted by Crippen LogP contribution is -2.46. The molecule has 1 amide bonds. The van der Waals surface area contributed by atoms with Crippen molar-refractivity contribution in [2.75, 3.05) is 20.2 Å². The van der Waals surface area contributed by atoms with Crippen LogP contribution in [0, 0.1) is 5.41 Å². The maximum absolute atomic E-state index is 12.8. The molecule has 1 saturated heterocycles. The van der Waals surface area contributed by atoms with Crippen LogP contribution in [0.2, 0.25) is 0 Å². The van der Waals surface area contributed by atoms with Crippen LogP contribution in [0.3, 0.4) is 0 Å². The topological polar surface area (TPSA) is 66.8 Å². The van der Waals surface area contributed by atoms with Crippen LogP contribution in [0.25, 0.3) is 0 Å². The predicted octanol–water partition coefficient (Wildman–Crippen LogP) is 1.87. The van der Waals surface area contributed by atoms with Gasteiger partial charge in [0.25, 0.3) is 5.91 Å². The molecule has 5 heteroatoms. The van der Waals surface area contributed by atoms with Crippen molar-refractivity contribution < 1.29 is 19.4 Å². The highest BCUT2D eigenvalue weighted by atomic mass is 16.5. The fourth-order valence-corrected chi connectivity index (χ4v) is 2.70. The largest absolute Gasteiger partial charge is 0.481 e. The second-order valence-corrected chi connectivity index (χ2v) is 5.95. The molecule has 2 atom stereocenters. The van der Waals surface area contributed by atoms with Gasteiger partial charge in [0.2, 0.25) is 0 Å². The Morgan fingerprint density at radius 2 is 1.95 bits per heavy atom. The zero-order valence-corrected chi connectivity index (χ0v) is 12.6. The lowest BCUT2D eigenvalue weighted by molar-refractivity contribution is -0.155. The van der Waals surface area contributed by atoms with Gasteiger partial charge in [-0.3, -0.25) is 9.59 Å². The SMILES string of the molecule is COC(C)(C(=O)N1CCC(C)(C(=O)O)C1)c1ccccc1. The van der Waals surface area contributed by atoms with Gasteiger partial charge in [0.1, 0.15) is 0 Å². The minimum Gasteiger partial charge on any atom is -0.481 e. The van der Waals surface area contributed by atoms with Gasteiger partial charge in [0.05, 0.1) is 5.41 Å². The average molecular weight is 291 g/mol. The second kappa shape index (κ2) is 5.48. The number of methoxy groups -OCH3 is 1. The van der Waals surface area contributed by atoms with Gasteiger partial charge in [-0.15, -0.1) is 0 Å². The lowest BCUT2D eigenvalue weighted by Gasteiger charge is -2.32. The van der Waals surface area contributed by atoms with Crippen molar-refractivity contribution in [1.82, 2.24) is 4.90 Å². The summed E-state index contributed by atoms with van der Waals surface area (Å²) >= 11 is 0. The van der Waals surface area contributed by atoms with E-state index >= 15 is 0 Å². The number of carbonyl (C=O) groups is 2. The van der Waals surface area contributed by atoms with E-state index in [1.165, 1.54) is 7.11 Å². The van der Waals surface area contributed by atoms with Gasteiger partial charge in [-0.05, 0) is 25.8 Å². The first-order valence-electron chi connectivity index (χ1n) is 6.97. The number of carbonyl (C=O) groups excluding carboxylic acids is 1. The van der Waals surface area contributed by atoms with E-state index < -0.39 is 17.0 Å².